The van der Waals surface area contributed by atoms with Crippen molar-refractivity contribution >= 4 is 5.91 Å². The number of nitrogens with one attached hydrogen (secondary N) is 2. The maximum Gasteiger partial charge on any atom is 0.291 e. The Bertz CT molecular complexity index is 396. The first-order chi connectivity index (χ1) is 8.13. The van der Waals surface area contributed by atoms with E-state index in [1.54, 1.807) is 0 Å². The number of rotatable bonds is 5. The topological polar surface area (TPSA) is 96.7 Å². The van der Waals surface area contributed by atoms with Crippen LogP contribution < -0.4 is 11.1 Å². The summed E-state index contributed by atoms with van der Waals surface area (Å²) in [5.41, 5.74) is 5.81. The van der Waals surface area contributed by atoms with E-state index in [-0.39, 0.29) is 17.3 Å². The lowest BCUT2D eigenvalue weighted by Crippen LogP contribution is -2.55. The lowest BCUT2D eigenvalue weighted by atomic mass is 9.78. The molecule has 0 saturated heterocycles. The van der Waals surface area contributed by atoms with Crippen molar-refractivity contribution in [3.8, 4) is 0 Å². The van der Waals surface area contributed by atoms with Crippen LogP contribution >= 0.6 is 0 Å². The molecule has 1 aliphatic carbocycles. The van der Waals surface area contributed by atoms with Crippen molar-refractivity contribution in [1.29, 1.82) is 0 Å². The van der Waals surface area contributed by atoms with Gasteiger partial charge in [0.15, 0.2) is 0 Å². The summed E-state index contributed by atoms with van der Waals surface area (Å²) in [6, 6.07) is 0. The number of aromatic amines is 1. The third-order valence-electron chi connectivity index (χ3n) is 3.17. The predicted molar refractivity (Wildman–Crippen MR) is 63.5 cm³/mol. The molecule has 1 amide bonds. The molecule has 0 bridgehead atoms. The quantitative estimate of drug-likeness (QED) is 0.689. The number of hydrogen-bond donors (Lipinski definition) is 3. The average molecular weight is 237 g/mol. The van der Waals surface area contributed by atoms with Gasteiger partial charge in [-0.3, -0.25) is 9.89 Å². The number of hydrogen-bond acceptors (Lipinski definition) is 4. The highest BCUT2D eigenvalue weighted by atomic mass is 16.2. The number of aryl methyl sites for hydroxylation is 1. The molecule has 0 aliphatic heterocycles. The fourth-order valence-corrected chi connectivity index (χ4v) is 1.89. The van der Waals surface area contributed by atoms with Crippen LogP contribution in [0.5, 0.6) is 0 Å². The molecule has 1 aliphatic rings. The largest absolute Gasteiger partial charge is 0.347 e. The molecule has 4 N–H and O–H groups in total. The number of carbonyl (C=O) groups is 1. The Kier molecular flexibility index (Phi) is 3.42. The van der Waals surface area contributed by atoms with Gasteiger partial charge < -0.3 is 11.1 Å². The van der Waals surface area contributed by atoms with Crippen LogP contribution in [-0.4, -0.2) is 33.2 Å². The summed E-state index contributed by atoms with van der Waals surface area (Å²) < 4.78 is 0. The van der Waals surface area contributed by atoms with Gasteiger partial charge >= 0.3 is 0 Å². The van der Waals surface area contributed by atoms with E-state index in [1.165, 1.54) is 0 Å². The molecule has 6 heteroatoms. The number of carbonyl (C=O) groups excluding carboxylic acids is 1. The predicted octanol–water partition coefficient (Wildman–Crippen LogP) is 0.368. The van der Waals surface area contributed by atoms with E-state index in [0.717, 1.165) is 37.9 Å². The fraction of sp³-hybridized carbons (Fsp3) is 0.727. The Morgan fingerprint density at radius 3 is 2.94 bits per heavy atom. The first-order valence-corrected chi connectivity index (χ1v) is 6.11. The molecule has 1 saturated carbocycles. The summed E-state index contributed by atoms with van der Waals surface area (Å²) in [5.74, 6) is 0.709. The zero-order valence-electron chi connectivity index (χ0n) is 10.1. The highest BCUT2D eigenvalue weighted by molar-refractivity contribution is 5.90. The molecule has 2 rings (SSSR count). The zero-order valence-corrected chi connectivity index (χ0v) is 10.1. The molecule has 0 atom stereocenters. The van der Waals surface area contributed by atoms with Crippen LogP contribution in [0.25, 0.3) is 0 Å². The SMILES string of the molecule is CCCc1nc(C(=O)NCC2(N)CCC2)n[nH]1. The second-order valence-corrected chi connectivity index (χ2v) is 4.75. The van der Waals surface area contributed by atoms with Crippen molar-refractivity contribution in [2.45, 2.75) is 44.6 Å². The molecule has 0 unspecified atom stereocenters. The normalized spacial score (nSPS) is 17.5. The minimum atomic E-state index is -0.250. The van der Waals surface area contributed by atoms with Crippen LogP contribution in [0.3, 0.4) is 0 Å². The molecule has 17 heavy (non-hydrogen) atoms. The number of nitrogens with zero attached hydrogens (tertiary/aromatic N) is 2. The minimum Gasteiger partial charge on any atom is -0.347 e. The molecular weight excluding hydrogens is 218 g/mol. The van der Waals surface area contributed by atoms with Gasteiger partial charge in [0, 0.05) is 18.5 Å². The second-order valence-electron chi connectivity index (χ2n) is 4.75. The van der Waals surface area contributed by atoms with Gasteiger partial charge in [0.25, 0.3) is 5.91 Å². The third kappa shape index (κ3) is 2.82. The smallest absolute Gasteiger partial charge is 0.291 e. The van der Waals surface area contributed by atoms with Crippen LogP contribution in [0.2, 0.25) is 0 Å². The Morgan fingerprint density at radius 2 is 2.35 bits per heavy atom. The first-order valence-electron chi connectivity index (χ1n) is 6.11. The van der Waals surface area contributed by atoms with Gasteiger partial charge in [-0.25, -0.2) is 4.98 Å². The van der Waals surface area contributed by atoms with Crippen molar-refractivity contribution in [2.24, 2.45) is 5.73 Å². The van der Waals surface area contributed by atoms with Gasteiger partial charge in [-0.1, -0.05) is 6.92 Å². The van der Waals surface area contributed by atoms with Crippen LogP contribution in [0.4, 0.5) is 0 Å². The van der Waals surface area contributed by atoms with E-state index >= 15 is 0 Å². The number of aromatic nitrogens is 3. The molecule has 1 fully saturated rings. The zero-order chi connectivity index (χ0) is 12.3. The van der Waals surface area contributed by atoms with Gasteiger partial charge in [-0.15, -0.1) is 5.10 Å². The summed E-state index contributed by atoms with van der Waals surface area (Å²) in [7, 11) is 0. The van der Waals surface area contributed by atoms with Crippen molar-refractivity contribution in [3.63, 3.8) is 0 Å². The van der Waals surface area contributed by atoms with Crippen molar-refractivity contribution in [3.05, 3.63) is 11.6 Å². The van der Waals surface area contributed by atoms with E-state index in [0.29, 0.717) is 6.54 Å². The Hall–Kier alpha value is -1.43. The maximum atomic E-state index is 11.7. The molecule has 1 aromatic rings. The highest BCUT2D eigenvalue weighted by Crippen LogP contribution is 2.27. The summed E-state index contributed by atoms with van der Waals surface area (Å²) in [6.07, 6.45) is 4.88. The van der Waals surface area contributed by atoms with Gasteiger partial charge in [0.1, 0.15) is 5.82 Å². The fourth-order valence-electron chi connectivity index (χ4n) is 1.89. The van der Waals surface area contributed by atoms with Crippen molar-refractivity contribution in [1.82, 2.24) is 20.5 Å². The molecule has 1 aromatic heterocycles. The molecule has 1 heterocycles. The summed E-state index contributed by atoms with van der Waals surface area (Å²) >= 11 is 0. The molecule has 0 spiro atoms. The molecular formula is C11H19N5O. The molecule has 6 nitrogen and oxygen atoms in total. The van der Waals surface area contributed by atoms with Gasteiger partial charge in [0.05, 0.1) is 0 Å². The third-order valence-corrected chi connectivity index (χ3v) is 3.17. The van der Waals surface area contributed by atoms with E-state index in [1.807, 2.05) is 0 Å². The lowest BCUT2D eigenvalue weighted by molar-refractivity contribution is 0.0919. The molecule has 94 valence electrons. The van der Waals surface area contributed by atoms with Crippen LogP contribution in [0.15, 0.2) is 0 Å². The highest BCUT2D eigenvalue weighted by Gasteiger charge is 2.32. The maximum absolute atomic E-state index is 11.7. The van der Waals surface area contributed by atoms with Gasteiger partial charge in [-0.05, 0) is 25.7 Å². The van der Waals surface area contributed by atoms with Crippen molar-refractivity contribution < 1.29 is 4.79 Å². The Labute approximate surface area is 100 Å². The van der Waals surface area contributed by atoms with E-state index in [9.17, 15) is 4.79 Å². The van der Waals surface area contributed by atoms with Crippen LogP contribution in [0.1, 0.15) is 49.1 Å². The Morgan fingerprint density at radius 1 is 1.59 bits per heavy atom. The minimum absolute atomic E-state index is 0.205. The monoisotopic (exact) mass is 237 g/mol. The molecule has 0 radical (unpaired) electrons. The number of H-pyrrole nitrogens is 1. The average Bonchev–Trinajstić information content (AvgIpc) is 2.72. The first kappa shape index (κ1) is 12.0. The number of nitrogens with two attached hydrogens (primary N) is 1. The second kappa shape index (κ2) is 4.83. The Balaban J connectivity index is 1.85. The standard InChI is InChI=1S/C11H19N5O/c1-2-4-8-14-9(16-15-8)10(17)13-7-11(12)5-3-6-11/h2-7,12H2,1H3,(H,13,17)(H,14,15,16). The van der Waals surface area contributed by atoms with E-state index in [4.69, 9.17) is 5.73 Å². The van der Waals surface area contributed by atoms with Crippen molar-refractivity contribution in [2.75, 3.05) is 6.54 Å². The van der Waals surface area contributed by atoms with Gasteiger partial charge in [0.2, 0.25) is 5.82 Å². The van der Waals surface area contributed by atoms with E-state index < -0.39 is 0 Å². The summed E-state index contributed by atoms with van der Waals surface area (Å²) in [6.45, 7) is 2.56. The number of amides is 1. The summed E-state index contributed by atoms with van der Waals surface area (Å²) in [4.78, 5) is 15.9. The van der Waals surface area contributed by atoms with Crippen LogP contribution in [0, 0.1) is 0 Å². The van der Waals surface area contributed by atoms with Gasteiger partial charge in [-0.2, -0.15) is 0 Å². The lowest BCUT2D eigenvalue weighted by Gasteiger charge is -2.37. The van der Waals surface area contributed by atoms with Crippen LogP contribution in [-0.2, 0) is 6.42 Å². The molecule has 0 aromatic carbocycles. The van der Waals surface area contributed by atoms with E-state index in [2.05, 4.69) is 27.4 Å². The summed E-state index contributed by atoms with van der Waals surface area (Å²) in [5, 5.41) is 9.44.